The highest BCUT2D eigenvalue weighted by Gasteiger charge is 2.61. The Morgan fingerprint density at radius 3 is 3.06 bits per heavy atom. The molecule has 3 nitrogen and oxygen atoms in total. The average molecular weight is 248 g/mol. The monoisotopic (exact) mass is 248 g/mol. The highest BCUT2D eigenvalue weighted by molar-refractivity contribution is 5.91. The van der Waals surface area contributed by atoms with E-state index < -0.39 is 0 Å². The predicted molar refractivity (Wildman–Crippen MR) is 68.0 cm³/mol. The second kappa shape index (κ2) is 3.95. The third-order valence-corrected chi connectivity index (χ3v) is 4.57. The van der Waals surface area contributed by atoms with Crippen molar-refractivity contribution >= 4 is 5.97 Å². The normalized spacial score (nSPS) is 43.7. The summed E-state index contributed by atoms with van der Waals surface area (Å²) in [5.74, 6) is -0.102. The van der Waals surface area contributed by atoms with Crippen LogP contribution in [0.3, 0.4) is 0 Å². The van der Waals surface area contributed by atoms with Crippen molar-refractivity contribution in [3.63, 3.8) is 0 Å². The van der Waals surface area contributed by atoms with Gasteiger partial charge >= 0.3 is 5.97 Å². The number of carbonyl (C=O) groups excluding carboxylic acids is 1. The molecule has 1 aliphatic carbocycles. The predicted octanol–water partition coefficient (Wildman–Crippen LogP) is 2.76. The van der Waals surface area contributed by atoms with Crippen molar-refractivity contribution in [1.82, 2.24) is 0 Å². The summed E-state index contributed by atoms with van der Waals surface area (Å²) in [6.45, 7) is 8.17. The summed E-state index contributed by atoms with van der Waals surface area (Å²) in [6, 6.07) is 0. The first-order valence-corrected chi connectivity index (χ1v) is 6.74. The van der Waals surface area contributed by atoms with Crippen LogP contribution in [-0.4, -0.2) is 23.8 Å². The molecule has 2 saturated heterocycles. The lowest BCUT2D eigenvalue weighted by Crippen LogP contribution is -2.28. The highest BCUT2D eigenvalue weighted by atomic mass is 16.6. The van der Waals surface area contributed by atoms with E-state index in [9.17, 15) is 4.79 Å². The third kappa shape index (κ3) is 1.81. The molecular formula is C15H20O3. The molecule has 18 heavy (non-hydrogen) atoms. The summed E-state index contributed by atoms with van der Waals surface area (Å²) < 4.78 is 11.3. The van der Waals surface area contributed by atoms with Gasteiger partial charge in [0.05, 0.1) is 5.60 Å². The average Bonchev–Trinajstić information content (AvgIpc) is 2.90. The van der Waals surface area contributed by atoms with Crippen LogP contribution in [0.5, 0.6) is 0 Å². The van der Waals surface area contributed by atoms with Crippen molar-refractivity contribution < 1.29 is 14.3 Å². The number of esters is 1. The number of hydrogen-bond acceptors (Lipinski definition) is 3. The van der Waals surface area contributed by atoms with Gasteiger partial charge in [-0.3, -0.25) is 0 Å². The number of ether oxygens (including phenoxy) is 2. The van der Waals surface area contributed by atoms with Crippen LogP contribution in [0, 0.1) is 5.92 Å². The van der Waals surface area contributed by atoms with Gasteiger partial charge in [0.15, 0.2) is 0 Å². The summed E-state index contributed by atoms with van der Waals surface area (Å²) in [6.07, 6.45) is 6.25. The Kier molecular flexibility index (Phi) is 2.63. The van der Waals surface area contributed by atoms with Crippen molar-refractivity contribution in [2.24, 2.45) is 5.92 Å². The first-order chi connectivity index (χ1) is 8.51. The molecule has 0 spiro atoms. The van der Waals surface area contributed by atoms with Gasteiger partial charge in [0, 0.05) is 11.5 Å². The number of rotatable bonds is 0. The largest absolute Gasteiger partial charge is 0.455 e. The second-order valence-corrected chi connectivity index (χ2v) is 5.98. The second-order valence-electron chi connectivity index (χ2n) is 5.98. The number of fused-ring (bicyclic) bond motifs is 3. The lowest BCUT2D eigenvalue weighted by atomic mass is 9.84. The summed E-state index contributed by atoms with van der Waals surface area (Å²) >= 11 is 0. The Balaban J connectivity index is 1.87. The van der Waals surface area contributed by atoms with Crippen LogP contribution < -0.4 is 0 Å². The molecule has 3 rings (SSSR count). The molecule has 0 bridgehead atoms. The van der Waals surface area contributed by atoms with Crippen molar-refractivity contribution in [2.75, 3.05) is 0 Å². The molecule has 0 N–H and O–H groups in total. The zero-order valence-electron chi connectivity index (χ0n) is 11.1. The van der Waals surface area contributed by atoms with E-state index in [2.05, 4.69) is 26.5 Å². The lowest BCUT2D eigenvalue weighted by molar-refractivity contribution is -0.140. The van der Waals surface area contributed by atoms with Gasteiger partial charge in [0.1, 0.15) is 12.2 Å². The minimum Gasteiger partial charge on any atom is -0.455 e. The van der Waals surface area contributed by atoms with Gasteiger partial charge in [-0.1, -0.05) is 18.2 Å². The topological polar surface area (TPSA) is 38.8 Å². The molecule has 4 atom stereocenters. The summed E-state index contributed by atoms with van der Waals surface area (Å²) in [5.41, 5.74) is 1.91. The number of hydrogen-bond donors (Lipinski definition) is 0. The first-order valence-electron chi connectivity index (χ1n) is 6.74. The van der Waals surface area contributed by atoms with Crippen LogP contribution in [0.2, 0.25) is 0 Å². The van der Waals surface area contributed by atoms with Crippen molar-refractivity contribution in [1.29, 1.82) is 0 Å². The highest BCUT2D eigenvalue weighted by Crippen LogP contribution is 2.49. The van der Waals surface area contributed by atoms with E-state index in [4.69, 9.17) is 9.47 Å². The van der Waals surface area contributed by atoms with Gasteiger partial charge in [-0.2, -0.15) is 0 Å². The van der Waals surface area contributed by atoms with Crippen LogP contribution in [-0.2, 0) is 14.3 Å². The molecule has 2 fully saturated rings. The Morgan fingerprint density at radius 1 is 1.50 bits per heavy atom. The maximum absolute atomic E-state index is 11.7. The zero-order valence-corrected chi connectivity index (χ0v) is 11.1. The zero-order chi connectivity index (χ0) is 12.9. The molecule has 0 unspecified atom stereocenters. The maximum atomic E-state index is 11.7. The molecule has 0 aromatic carbocycles. The number of carbonyl (C=O) groups is 1. The molecule has 3 heteroatoms. The molecule has 2 aliphatic heterocycles. The molecule has 0 radical (unpaired) electrons. The minimum atomic E-state index is -0.233. The molecule has 98 valence electrons. The first kappa shape index (κ1) is 12.0. The van der Waals surface area contributed by atoms with Crippen molar-refractivity contribution in [2.45, 2.75) is 57.3 Å². The van der Waals surface area contributed by atoms with Crippen LogP contribution in [0.25, 0.3) is 0 Å². The molecule has 0 aromatic rings. The fourth-order valence-corrected chi connectivity index (χ4v) is 3.20. The summed E-state index contributed by atoms with van der Waals surface area (Å²) in [4.78, 5) is 11.7. The van der Waals surface area contributed by atoms with E-state index in [1.165, 1.54) is 5.57 Å². The molecule has 0 saturated carbocycles. The summed E-state index contributed by atoms with van der Waals surface area (Å²) in [7, 11) is 0. The molecule has 0 aromatic heterocycles. The van der Waals surface area contributed by atoms with Crippen LogP contribution in [0.15, 0.2) is 23.8 Å². The molecule has 3 aliphatic rings. The van der Waals surface area contributed by atoms with Crippen LogP contribution in [0.1, 0.15) is 39.5 Å². The maximum Gasteiger partial charge on any atom is 0.334 e. The van der Waals surface area contributed by atoms with Crippen molar-refractivity contribution in [3.05, 3.63) is 23.8 Å². The Bertz CT molecular complexity index is 437. The van der Waals surface area contributed by atoms with Crippen LogP contribution >= 0.6 is 0 Å². The number of allylic oxidation sites excluding steroid dienone is 2. The van der Waals surface area contributed by atoms with E-state index in [0.29, 0.717) is 5.57 Å². The molecular weight excluding hydrogens is 228 g/mol. The van der Waals surface area contributed by atoms with Gasteiger partial charge in [-0.05, 0) is 39.5 Å². The van der Waals surface area contributed by atoms with Gasteiger partial charge < -0.3 is 9.47 Å². The number of epoxide rings is 1. The van der Waals surface area contributed by atoms with Gasteiger partial charge in [-0.25, -0.2) is 4.79 Å². The lowest BCUT2D eigenvalue weighted by Gasteiger charge is -2.19. The van der Waals surface area contributed by atoms with E-state index >= 15 is 0 Å². The van der Waals surface area contributed by atoms with E-state index in [0.717, 1.165) is 25.7 Å². The van der Waals surface area contributed by atoms with Gasteiger partial charge in [0.2, 0.25) is 0 Å². The fraction of sp³-hybridized carbons (Fsp3) is 0.667. The van der Waals surface area contributed by atoms with E-state index in [-0.39, 0.29) is 29.7 Å². The van der Waals surface area contributed by atoms with Gasteiger partial charge in [-0.15, -0.1) is 0 Å². The molecule has 0 amide bonds. The minimum absolute atomic E-state index is 0.0671. The SMILES string of the molecule is C=C1C(=O)O[C@H]2[C@@H]1CCC(C)=CCC[C@@]1(C)O[C@@H]21. The Hall–Kier alpha value is -1.09. The van der Waals surface area contributed by atoms with Crippen molar-refractivity contribution in [3.8, 4) is 0 Å². The standard InChI is InChI=1S/C15H20O3/c1-9-5-4-8-15(3)13(18-15)12-11(7-6-9)10(2)14(16)17-12/h5,11-13H,2,4,6-8H2,1,3H3/t11-,12+,13+,15-/m1/s1. The Labute approximate surface area is 108 Å². The Morgan fingerprint density at radius 2 is 2.28 bits per heavy atom. The third-order valence-electron chi connectivity index (χ3n) is 4.57. The fourth-order valence-electron chi connectivity index (χ4n) is 3.20. The van der Waals surface area contributed by atoms with E-state index in [1.807, 2.05) is 0 Å². The quantitative estimate of drug-likeness (QED) is 0.286. The van der Waals surface area contributed by atoms with Crippen LogP contribution in [0.4, 0.5) is 0 Å². The smallest absolute Gasteiger partial charge is 0.334 e. The molecule has 2 heterocycles. The van der Waals surface area contributed by atoms with Gasteiger partial charge in [0.25, 0.3) is 0 Å². The van der Waals surface area contributed by atoms with E-state index in [1.54, 1.807) is 0 Å². The summed E-state index contributed by atoms with van der Waals surface area (Å²) in [5, 5.41) is 0.